The van der Waals surface area contributed by atoms with Crippen LogP contribution in [0, 0.1) is 16.0 Å². The van der Waals surface area contributed by atoms with Gasteiger partial charge >= 0.3 is 0 Å². The molecule has 0 radical (unpaired) electrons. The molecule has 0 heterocycles. The van der Waals surface area contributed by atoms with Crippen molar-refractivity contribution < 1.29 is 19.9 Å². The van der Waals surface area contributed by atoms with E-state index in [1.807, 2.05) is 0 Å². The number of aromatic hydroxyl groups is 1. The summed E-state index contributed by atoms with van der Waals surface area (Å²) in [6.07, 6.45) is -0.933. The molecule has 0 unspecified atom stereocenters. The van der Waals surface area contributed by atoms with E-state index in [1.165, 1.54) is 7.11 Å². The number of hydrogen-bond donors (Lipinski definition) is 3. The lowest BCUT2D eigenvalue weighted by molar-refractivity contribution is -0.385. The molecule has 8 heteroatoms. The van der Waals surface area contributed by atoms with E-state index in [-0.39, 0.29) is 41.1 Å². The minimum absolute atomic E-state index is 0. The Balaban J connectivity index is 0.00000361. The molecule has 2 atom stereocenters. The molecule has 0 saturated carbocycles. The molecule has 0 bridgehead atoms. The zero-order chi connectivity index (χ0) is 14.7. The molecule has 0 spiro atoms. The zero-order valence-corrected chi connectivity index (χ0v) is 12.3. The van der Waals surface area contributed by atoms with Crippen molar-refractivity contribution in [3.63, 3.8) is 0 Å². The Labute approximate surface area is 122 Å². The number of aliphatic hydroxyl groups is 1. The third-order valence-electron chi connectivity index (χ3n) is 2.93. The van der Waals surface area contributed by atoms with Gasteiger partial charge in [-0.25, -0.2) is 0 Å². The van der Waals surface area contributed by atoms with E-state index in [9.17, 15) is 20.3 Å². The molecule has 0 saturated heterocycles. The van der Waals surface area contributed by atoms with Gasteiger partial charge in [-0.05, 0) is 5.92 Å². The van der Waals surface area contributed by atoms with E-state index in [4.69, 9.17) is 10.5 Å². The summed E-state index contributed by atoms with van der Waals surface area (Å²) in [6.45, 7) is 3.52. The molecule has 0 aliphatic carbocycles. The number of phenols is 1. The van der Waals surface area contributed by atoms with Crippen LogP contribution in [0.3, 0.4) is 0 Å². The third kappa shape index (κ3) is 3.72. The van der Waals surface area contributed by atoms with Gasteiger partial charge < -0.3 is 20.7 Å². The predicted octanol–water partition coefficient (Wildman–Crippen LogP) is 1.75. The maximum absolute atomic E-state index is 10.8. The first kappa shape index (κ1) is 18.4. The number of nitro groups is 1. The summed E-state index contributed by atoms with van der Waals surface area (Å²) in [7, 11) is 1.28. The Morgan fingerprint density at radius 1 is 1.40 bits per heavy atom. The standard InChI is InChI=1S/C12H18N2O5.ClH/c1-6(2)11(15)10(13)8-4-7(14(17)18)5-9(19-3)12(8)16;/h4-6,10-11,15-16H,13H2,1-3H3;1H/t10-,11+;/m0./s1. The normalized spacial score (nSPS) is 13.5. The Morgan fingerprint density at radius 2 is 1.95 bits per heavy atom. The van der Waals surface area contributed by atoms with Gasteiger partial charge in [0.2, 0.25) is 0 Å². The smallest absolute Gasteiger partial charge is 0.273 e. The van der Waals surface area contributed by atoms with Crippen LogP contribution in [0.4, 0.5) is 5.69 Å². The van der Waals surface area contributed by atoms with E-state index in [0.717, 1.165) is 12.1 Å². The van der Waals surface area contributed by atoms with Crippen LogP contribution in [-0.4, -0.2) is 28.4 Å². The first-order valence-electron chi connectivity index (χ1n) is 5.78. The largest absolute Gasteiger partial charge is 0.504 e. The molecule has 1 rings (SSSR count). The van der Waals surface area contributed by atoms with Crippen LogP contribution in [0.2, 0.25) is 0 Å². The number of methoxy groups -OCH3 is 1. The second-order valence-electron chi connectivity index (χ2n) is 4.60. The summed E-state index contributed by atoms with van der Waals surface area (Å²) in [6, 6.07) is 1.32. The number of halogens is 1. The summed E-state index contributed by atoms with van der Waals surface area (Å²) in [5.74, 6) is -0.490. The highest BCUT2D eigenvalue weighted by atomic mass is 35.5. The Morgan fingerprint density at radius 3 is 2.35 bits per heavy atom. The molecule has 4 N–H and O–H groups in total. The number of hydrogen-bond acceptors (Lipinski definition) is 6. The quantitative estimate of drug-likeness (QED) is 0.563. The molecule has 0 aliphatic rings. The van der Waals surface area contributed by atoms with Crippen LogP contribution in [0.15, 0.2) is 12.1 Å². The van der Waals surface area contributed by atoms with Gasteiger partial charge in [-0.15, -0.1) is 12.4 Å². The molecule has 0 fully saturated rings. The van der Waals surface area contributed by atoms with Gasteiger partial charge in [0.25, 0.3) is 5.69 Å². The summed E-state index contributed by atoms with van der Waals surface area (Å²) < 4.78 is 4.88. The third-order valence-corrected chi connectivity index (χ3v) is 2.93. The molecule has 20 heavy (non-hydrogen) atoms. The van der Waals surface area contributed by atoms with Crippen molar-refractivity contribution in [1.82, 2.24) is 0 Å². The maximum atomic E-state index is 10.8. The van der Waals surface area contributed by atoms with Crippen LogP contribution in [0.1, 0.15) is 25.5 Å². The van der Waals surface area contributed by atoms with Gasteiger partial charge in [0.1, 0.15) is 0 Å². The Hall–Kier alpha value is -1.57. The molecule has 0 aliphatic heterocycles. The highest BCUT2D eigenvalue weighted by molar-refractivity contribution is 5.85. The summed E-state index contributed by atoms with van der Waals surface area (Å²) in [5.41, 5.74) is 5.68. The number of nitrogens with two attached hydrogens (primary N) is 1. The van der Waals surface area contributed by atoms with E-state index >= 15 is 0 Å². The summed E-state index contributed by atoms with van der Waals surface area (Å²) in [5, 5.41) is 30.7. The van der Waals surface area contributed by atoms with Crippen molar-refractivity contribution in [3.8, 4) is 11.5 Å². The predicted molar refractivity (Wildman–Crippen MR) is 76.3 cm³/mol. The van der Waals surface area contributed by atoms with Crippen LogP contribution < -0.4 is 10.5 Å². The highest BCUT2D eigenvalue weighted by Crippen LogP contribution is 2.38. The fraction of sp³-hybridized carbons (Fsp3) is 0.500. The number of rotatable bonds is 5. The van der Waals surface area contributed by atoms with Crippen LogP contribution in [0.5, 0.6) is 11.5 Å². The van der Waals surface area contributed by atoms with Crippen molar-refractivity contribution in [2.24, 2.45) is 11.7 Å². The van der Waals surface area contributed by atoms with Crippen molar-refractivity contribution in [2.75, 3.05) is 7.11 Å². The Kier molecular flexibility index (Phi) is 6.70. The van der Waals surface area contributed by atoms with Gasteiger partial charge in [-0.1, -0.05) is 13.8 Å². The second-order valence-corrected chi connectivity index (χ2v) is 4.60. The number of ether oxygens (including phenoxy) is 1. The highest BCUT2D eigenvalue weighted by Gasteiger charge is 2.27. The topological polar surface area (TPSA) is 119 Å². The SMILES string of the molecule is COc1cc([N+](=O)[O-])cc([C@H](N)[C@H](O)C(C)C)c1O.Cl. The first-order valence-corrected chi connectivity index (χ1v) is 5.78. The number of non-ortho nitro benzene ring substituents is 1. The van der Waals surface area contributed by atoms with Gasteiger partial charge in [0.05, 0.1) is 30.2 Å². The van der Waals surface area contributed by atoms with E-state index < -0.39 is 17.1 Å². The lowest BCUT2D eigenvalue weighted by Crippen LogP contribution is -2.30. The number of phenolic OH excluding ortho intramolecular Hbond substituents is 1. The molecular formula is C12H19ClN2O5. The lowest BCUT2D eigenvalue weighted by atomic mass is 9.93. The maximum Gasteiger partial charge on any atom is 0.273 e. The molecular weight excluding hydrogens is 288 g/mol. The fourth-order valence-corrected chi connectivity index (χ4v) is 1.73. The number of nitro benzene ring substituents is 1. The van der Waals surface area contributed by atoms with E-state index in [0.29, 0.717) is 0 Å². The molecule has 0 amide bonds. The van der Waals surface area contributed by atoms with Gasteiger partial charge in [0.15, 0.2) is 11.5 Å². The number of aliphatic hydroxyl groups excluding tert-OH is 1. The summed E-state index contributed by atoms with van der Waals surface area (Å²) in [4.78, 5) is 10.2. The molecule has 114 valence electrons. The fourth-order valence-electron chi connectivity index (χ4n) is 1.73. The lowest BCUT2D eigenvalue weighted by Gasteiger charge is -2.23. The minimum Gasteiger partial charge on any atom is -0.504 e. The van der Waals surface area contributed by atoms with Gasteiger partial charge in [0, 0.05) is 11.6 Å². The van der Waals surface area contributed by atoms with E-state index in [2.05, 4.69) is 0 Å². The Bertz CT molecular complexity index is 481. The van der Waals surface area contributed by atoms with E-state index in [1.54, 1.807) is 13.8 Å². The van der Waals surface area contributed by atoms with Crippen LogP contribution in [0.25, 0.3) is 0 Å². The molecule has 1 aromatic rings. The first-order chi connectivity index (χ1) is 8.79. The summed E-state index contributed by atoms with van der Waals surface area (Å²) >= 11 is 0. The van der Waals surface area contributed by atoms with Crippen LogP contribution in [-0.2, 0) is 0 Å². The molecule has 1 aromatic carbocycles. The van der Waals surface area contributed by atoms with Crippen molar-refractivity contribution in [2.45, 2.75) is 26.0 Å². The van der Waals surface area contributed by atoms with Crippen molar-refractivity contribution >= 4 is 18.1 Å². The van der Waals surface area contributed by atoms with Crippen molar-refractivity contribution in [3.05, 3.63) is 27.8 Å². The van der Waals surface area contributed by atoms with Crippen LogP contribution >= 0.6 is 12.4 Å². The number of nitrogens with zero attached hydrogens (tertiary/aromatic N) is 1. The second kappa shape index (κ2) is 7.28. The monoisotopic (exact) mass is 306 g/mol. The average Bonchev–Trinajstić information content (AvgIpc) is 2.36. The minimum atomic E-state index is -0.936. The number of benzene rings is 1. The van der Waals surface area contributed by atoms with Gasteiger partial charge in [-0.3, -0.25) is 10.1 Å². The zero-order valence-electron chi connectivity index (χ0n) is 11.4. The average molecular weight is 307 g/mol. The molecule has 0 aromatic heterocycles. The molecule has 7 nitrogen and oxygen atoms in total. The van der Waals surface area contributed by atoms with Gasteiger partial charge in [-0.2, -0.15) is 0 Å². The van der Waals surface area contributed by atoms with Crippen molar-refractivity contribution in [1.29, 1.82) is 0 Å².